The van der Waals surface area contributed by atoms with Gasteiger partial charge in [0.1, 0.15) is 11.6 Å². The number of carbonyl (C=O) groups is 2. The highest BCUT2D eigenvalue weighted by Crippen LogP contribution is 2.25. The van der Waals surface area contributed by atoms with Gasteiger partial charge in [0.2, 0.25) is 0 Å². The highest BCUT2D eigenvalue weighted by atomic mass is 16.1. The maximum atomic E-state index is 12.1. The van der Waals surface area contributed by atoms with Gasteiger partial charge < -0.3 is 0 Å². The zero-order valence-electron chi connectivity index (χ0n) is 10.8. The van der Waals surface area contributed by atoms with Crippen LogP contribution in [0.1, 0.15) is 45.4 Å². The standard InChI is InChI=1S/C14H23NO2/c1-11-9-15(8-7-13(11)16)10-14(17)12-5-3-2-4-6-12/h11-12H,2-10H2,1H3. The first kappa shape index (κ1) is 12.7. The summed E-state index contributed by atoms with van der Waals surface area (Å²) in [5.41, 5.74) is 0. The van der Waals surface area contributed by atoms with Crippen molar-refractivity contribution in [1.82, 2.24) is 4.90 Å². The predicted octanol–water partition coefficient (Wildman–Crippen LogP) is 2.05. The van der Waals surface area contributed by atoms with Gasteiger partial charge in [-0.15, -0.1) is 0 Å². The SMILES string of the molecule is CC1CN(CC(=O)C2CCCCC2)CCC1=O. The molecule has 0 N–H and O–H groups in total. The van der Waals surface area contributed by atoms with Crippen molar-refractivity contribution in [3.8, 4) is 0 Å². The third-order valence-corrected chi connectivity index (χ3v) is 4.20. The molecule has 3 heteroatoms. The molecule has 1 heterocycles. The summed E-state index contributed by atoms with van der Waals surface area (Å²) in [7, 11) is 0. The van der Waals surface area contributed by atoms with Crippen LogP contribution in [-0.2, 0) is 9.59 Å². The number of carbonyl (C=O) groups excluding carboxylic acids is 2. The molecule has 0 aromatic heterocycles. The van der Waals surface area contributed by atoms with E-state index in [0.29, 0.717) is 30.4 Å². The molecule has 1 saturated heterocycles. The van der Waals surface area contributed by atoms with Gasteiger partial charge in [-0.3, -0.25) is 14.5 Å². The van der Waals surface area contributed by atoms with Gasteiger partial charge in [0.25, 0.3) is 0 Å². The van der Waals surface area contributed by atoms with Crippen LogP contribution >= 0.6 is 0 Å². The number of rotatable bonds is 3. The average molecular weight is 237 g/mol. The van der Waals surface area contributed by atoms with Crippen LogP contribution in [0.3, 0.4) is 0 Å². The number of likely N-dealkylation sites (tertiary alicyclic amines) is 1. The predicted molar refractivity (Wildman–Crippen MR) is 66.8 cm³/mol. The lowest BCUT2D eigenvalue weighted by Crippen LogP contribution is -2.43. The van der Waals surface area contributed by atoms with Crippen molar-refractivity contribution in [3.05, 3.63) is 0 Å². The third-order valence-electron chi connectivity index (χ3n) is 4.20. The van der Waals surface area contributed by atoms with E-state index in [0.717, 1.165) is 25.9 Å². The number of piperidine rings is 1. The second-order valence-electron chi connectivity index (χ2n) is 5.65. The molecule has 0 amide bonds. The first-order chi connectivity index (χ1) is 8.16. The normalized spacial score (nSPS) is 28.3. The average Bonchev–Trinajstić information content (AvgIpc) is 2.35. The molecule has 0 bridgehead atoms. The van der Waals surface area contributed by atoms with Crippen molar-refractivity contribution in [1.29, 1.82) is 0 Å². The van der Waals surface area contributed by atoms with Crippen LogP contribution in [0.15, 0.2) is 0 Å². The fourth-order valence-electron chi connectivity index (χ4n) is 3.01. The fraction of sp³-hybridized carbons (Fsp3) is 0.857. The number of hydrogen-bond acceptors (Lipinski definition) is 3. The van der Waals surface area contributed by atoms with Gasteiger partial charge in [-0.1, -0.05) is 26.2 Å². The van der Waals surface area contributed by atoms with Crippen LogP contribution in [0, 0.1) is 11.8 Å². The molecule has 17 heavy (non-hydrogen) atoms. The number of Topliss-reactive ketones (excluding diaryl/α,β-unsaturated/α-hetero) is 2. The molecule has 1 aliphatic carbocycles. The van der Waals surface area contributed by atoms with Crippen LogP contribution in [-0.4, -0.2) is 36.1 Å². The van der Waals surface area contributed by atoms with Crippen molar-refractivity contribution >= 4 is 11.6 Å². The van der Waals surface area contributed by atoms with Crippen molar-refractivity contribution < 1.29 is 9.59 Å². The minimum atomic E-state index is 0.114. The summed E-state index contributed by atoms with van der Waals surface area (Å²) in [4.78, 5) is 25.7. The molecule has 3 nitrogen and oxygen atoms in total. The molecule has 0 aromatic rings. The summed E-state index contributed by atoms with van der Waals surface area (Å²) in [6.45, 7) is 4.10. The molecule has 0 radical (unpaired) electrons. The van der Waals surface area contributed by atoms with Crippen LogP contribution in [0.25, 0.3) is 0 Å². The third kappa shape index (κ3) is 3.38. The first-order valence-electron chi connectivity index (χ1n) is 6.94. The van der Waals surface area contributed by atoms with E-state index in [-0.39, 0.29) is 5.92 Å². The largest absolute Gasteiger partial charge is 0.299 e. The Morgan fingerprint density at radius 2 is 2.00 bits per heavy atom. The van der Waals surface area contributed by atoms with Gasteiger partial charge >= 0.3 is 0 Å². The van der Waals surface area contributed by atoms with Crippen molar-refractivity contribution in [2.45, 2.75) is 45.4 Å². The second-order valence-corrected chi connectivity index (χ2v) is 5.65. The lowest BCUT2D eigenvalue weighted by molar-refractivity contribution is -0.130. The van der Waals surface area contributed by atoms with Crippen LogP contribution in [0.5, 0.6) is 0 Å². The molecule has 2 fully saturated rings. The van der Waals surface area contributed by atoms with Crippen molar-refractivity contribution in [2.75, 3.05) is 19.6 Å². The Labute approximate surface area is 104 Å². The summed E-state index contributed by atoms with van der Waals surface area (Å²) in [5.74, 6) is 1.18. The van der Waals surface area contributed by atoms with Crippen molar-refractivity contribution in [3.63, 3.8) is 0 Å². The van der Waals surface area contributed by atoms with Gasteiger partial charge in [0.05, 0.1) is 6.54 Å². The molecule has 1 aliphatic heterocycles. The Kier molecular flexibility index (Phi) is 4.32. The maximum Gasteiger partial charge on any atom is 0.149 e. The molecule has 96 valence electrons. The Morgan fingerprint density at radius 3 is 2.65 bits per heavy atom. The van der Waals surface area contributed by atoms with E-state index < -0.39 is 0 Å². The molecule has 2 aliphatic rings. The summed E-state index contributed by atoms with van der Waals surface area (Å²) in [6.07, 6.45) is 6.51. The quantitative estimate of drug-likeness (QED) is 0.754. The van der Waals surface area contributed by atoms with E-state index >= 15 is 0 Å². The van der Waals surface area contributed by atoms with Crippen molar-refractivity contribution in [2.24, 2.45) is 11.8 Å². The summed E-state index contributed by atoms with van der Waals surface area (Å²) < 4.78 is 0. The number of hydrogen-bond donors (Lipinski definition) is 0. The minimum absolute atomic E-state index is 0.114. The van der Waals surface area contributed by atoms with Gasteiger partial charge in [-0.2, -0.15) is 0 Å². The van der Waals surface area contributed by atoms with E-state index in [2.05, 4.69) is 4.90 Å². The van der Waals surface area contributed by atoms with Crippen LogP contribution in [0.4, 0.5) is 0 Å². The first-order valence-corrected chi connectivity index (χ1v) is 6.94. The lowest BCUT2D eigenvalue weighted by Gasteiger charge is -2.31. The number of ketones is 2. The molecular formula is C14H23NO2. The minimum Gasteiger partial charge on any atom is -0.299 e. The Balaban J connectivity index is 1.80. The lowest BCUT2D eigenvalue weighted by atomic mass is 9.86. The summed E-state index contributed by atoms with van der Waals surface area (Å²) in [6, 6.07) is 0. The zero-order valence-corrected chi connectivity index (χ0v) is 10.8. The molecule has 2 rings (SSSR count). The number of nitrogens with zero attached hydrogens (tertiary/aromatic N) is 1. The fourth-order valence-corrected chi connectivity index (χ4v) is 3.01. The van der Waals surface area contributed by atoms with E-state index in [1.807, 2.05) is 6.92 Å². The highest BCUT2D eigenvalue weighted by molar-refractivity contribution is 5.84. The smallest absolute Gasteiger partial charge is 0.149 e. The highest BCUT2D eigenvalue weighted by Gasteiger charge is 2.27. The molecule has 0 spiro atoms. The van der Waals surface area contributed by atoms with E-state index in [1.165, 1.54) is 19.3 Å². The van der Waals surface area contributed by atoms with Crippen LogP contribution in [0.2, 0.25) is 0 Å². The molecule has 0 aromatic carbocycles. The Bertz CT molecular complexity index is 295. The van der Waals surface area contributed by atoms with Gasteiger partial charge in [-0.25, -0.2) is 0 Å². The second kappa shape index (κ2) is 5.76. The summed E-state index contributed by atoms with van der Waals surface area (Å²) >= 11 is 0. The molecule has 1 unspecified atom stereocenters. The molecule has 1 saturated carbocycles. The van der Waals surface area contributed by atoms with Gasteiger partial charge in [-0.05, 0) is 12.8 Å². The summed E-state index contributed by atoms with van der Waals surface area (Å²) in [5, 5.41) is 0. The van der Waals surface area contributed by atoms with E-state index in [4.69, 9.17) is 0 Å². The van der Waals surface area contributed by atoms with Crippen LogP contribution < -0.4 is 0 Å². The zero-order chi connectivity index (χ0) is 12.3. The maximum absolute atomic E-state index is 12.1. The Morgan fingerprint density at radius 1 is 1.29 bits per heavy atom. The molecular weight excluding hydrogens is 214 g/mol. The van der Waals surface area contributed by atoms with E-state index in [9.17, 15) is 9.59 Å². The monoisotopic (exact) mass is 237 g/mol. The Hall–Kier alpha value is -0.700. The van der Waals surface area contributed by atoms with Gasteiger partial charge in [0, 0.05) is 31.3 Å². The topological polar surface area (TPSA) is 37.4 Å². The van der Waals surface area contributed by atoms with E-state index in [1.54, 1.807) is 0 Å². The van der Waals surface area contributed by atoms with Gasteiger partial charge in [0.15, 0.2) is 0 Å². The molecule has 1 atom stereocenters.